The summed E-state index contributed by atoms with van der Waals surface area (Å²) in [6.45, 7) is 5.21. The summed E-state index contributed by atoms with van der Waals surface area (Å²) in [7, 11) is 0. The lowest BCUT2D eigenvalue weighted by molar-refractivity contribution is 0.166. The van der Waals surface area contributed by atoms with Gasteiger partial charge in [-0.3, -0.25) is 0 Å². The van der Waals surface area contributed by atoms with Gasteiger partial charge in [0.05, 0.1) is 0 Å². The predicted molar refractivity (Wildman–Crippen MR) is 65.2 cm³/mol. The lowest BCUT2D eigenvalue weighted by Gasteiger charge is -2.32. The van der Waals surface area contributed by atoms with Crippen LogP contribution < -0.4 is 5.32 Å². The van der Waals surface area contributed by atoms with Gasteiger partial charge < -0.3 is 10.2 Å². The molecule has 0 saturated carbocycles. The molecule has 88 valence electrons. The van der Waals surface area contributed by atoms with Crippen molar-refractivity contribution in [2.24, 2.45) is 0 Å². The van der Waals surface area contributed by atoms with E-state index in [-0.39, 0.29) is 0 Å². The van der Waals surface area contributed by atoms with Crippen LogP contribution in [0, 0.1) is 0 Å². The second-order valence-corrected chi connectivity index (χ2v) is 5.14. The van der Waals surface area contributed by atoms with Crippen molar-refractivity contribution in [3.05, 3.63) is 0 Å². The minimum Gasteiger partial charge on any atom is -0.317 e. The maximum atomic E-state index is 3.52. The van der Waals surface area contributed by atoms with E-state index in [9.17, 15) is 0 Å². The van der Waals surface area contributed by atoms with E-state index >= 15 is 0 Å². The minimum absolute atomic E-state index is 0.887. The third kappa shape index (κ3) is 3.76. The van der Waals surface area contributed by atoms with E-state index in [1.165, 1.54) is 77.5 Å². The van der Waals surface area contributed by atoms with Gasteiger partial charge in [0.15, 0.2) is 0 Å². The number of likely N-dealkylation sites (tertiary alicyclic amines) is 1. The highest BCUT2D eigenvalue weighted by Crippen LogP contribution is 2.18. The van der Waals surface area contributed by atoms with Crippen LogP contribution in [0.25, 0.3) is 0 Å². The van der Waals surface area contributed by atoms with Crippen LogP contribution in [0.15, 0.2) is 0 Å². The van der Waals surface area contributed by atoms with Crippen molar-refractivity contribution in [1.82, 2.24) is 10.2 Å². The van der Waals surface area contributed by atoms with E-state index in [0.717, 1.165) is 6.04 Å². The summed E-state index contributed by atoms with van der Waals surface area (Å²) in [6, 6.07) is 0.887. The van der Waals surface area contributed by atoms with Crippen LogP contribution in [-0.2, 0) is 0 Å². The summed E-state index contributed by atoms with van der Waals surface area (Å²) in [4.78, 5) is 2.78. The fourth-order valence-electron chi connectivity index (χ4n) is 3.00. The van der Waals surface area contributed by atoms with E-state index in [0.29, 0.717) is 0 Å². The average molecular weight is 210 g/mol. The lowest BCUT2D eigenvalue weighted by atomic mass is 10.0. The molecule has 2 saturated heterocycles. The first kappa shape index (κ1) is 11.4. The topological polar surface area (TPSA) is 15.3 Å². The van der Waals surface area contributed by atoms with Crippen LogP contribution in [0.4, 0.5) is 0 Å². The molecule has 1 unspecified atom stereocenters. The fourth-order valence-corrected chi connectivity index (χ4v) is 3.00. The van der Waals surface area contributed by atoms with Gasteiger partial charge in [0.1, 0.15) is 0 Å². The van der Waals surface area contributed by atoms with Crippen LogP contribution in [0.5, 0.6) is 0 Å². The second-order valence-electron chi connectivity index (χ2n) is 5.14. The first-order chi connectivity index (χ1) is 7.47. The zero-order valence-electron chi connectivity index (χ0n) is 10.0. The Kier molecular flexibility index (Phi) is 4.94. The fraction of sp³-hybridized carbons (Fsp3) is 1.00. The predicted octanol–water partition coefficient (Wildman–Crippen LogP) is 2.39. The van der Waals surface area contributed by atoms with Crippen LogP contribution in [0.3, 0.4) is 0 Å². The Bertz CT molecular complexity index is 154. The van der Waals surface area contributed by atoms with E-state index < -0.39 is 0 Å². The van der Waals surface area contributed by atoms with Gasteiger partial charge >= 0.3 is 0 Å². The van der Waals surface area contributed by atoms with Gasteiger partial charge in [-0.25, -0.2) is 0 Å². The molecule has 2 aliphatic rings. The van der Waals surface area contributed by atoms with Crippen molar-refractivity contribution in [3.63, 3.8) is 0 Å². The Hall–Kier alpha value is -0.0800. The smallest absolute Gasteiger partial charge is 0.0108 e. The zero-order valence-corrected chi connectivity index (χ0v) is 10.0. The molecule has 0 amide bonds. The molecular formula is C13H26N2. The molecule has 2 rings (SSSR count). The van der Waals surface area contributed by atoms with E-state index in [1.807, 2.05) is 0 Å². The lowest BCUT2D eigenvalue weighted by Crippen LogP contribution is -2.38. The maximum Gasteiger partial charge on any atom is 0.0108 e. The summed E-state index contributed by atoms with van der Waals surface area (Å²) in [5.41, 5.74) is 0. The van der Waals surface area contributed by atoms with Gasteiger partial charge in [-0.05, 0) is 58.3 Å². The molecule has 0 aromatic carbocycles. The summed E-state index contributed by atoms with van der Waals surface area (Å²) < 4.78 is 0. The molecule has 15 heavy (non-hydrogen) atoms. The highest BCUT2D eigenvalue weighted by atomic mass is 15.2. The second kappa shape index (κ2) is 6.49. The zero-order chi connectivity index (χ0) is 10.3. The van der Waals surface area contributed by atoms with Gasteiger partial charge in [-0.2, -0.15) is 0 Å². The Morgan fingerprint density at radius 2 is 1.47 bits per heavy atom. The SMILES string of the molecule is C1CCCN(C2CCCNCC2)CCC1. The van der Waals surface area contributed by atoms with Crippen molar-refractivity contribution in [1.29, 1.82) is 0 Å². The number of nitrogens with one attached hydrogen (secondary N) is 1. The number of rotatable bonds is 1. The van der Waals surface area contributed by atoms with E-state index in [1.54, 1.807) is 0 Å². The Morgan fingerprint density at radius 3 is 2.27 bits per heavy atom. The molecule has 2 heteroatoms. The maximum absolute atomic E-state index is 3.52. The Balaban J connectivity index is 1.82. The van der Waals surface area contributed by atoms with E-state index in [2.05, 4.69) is 10.2 Å². The molecule has 2 heterocycles. The Morgan fingerprint density at radius 1 is 0.733 bits per heavy atom. The van der Waals surface area contributed by atoms with Crippen LogP contribution in [0.2, 0.25) is 0 Å². The van der Waals surface area contributed by atoms with Gasteiger partial charge in [0, 0.05) is 6.04 Å². The number of nitrogens with zero attached hydrogens (tertiary/aromatic N) is 1. The molecule has 1 N–H and O–H groups in total. The van der Waals surface area contributed by atoms with Crippen molar-refractivity contribution < 1.29 is 0 Å². The largest absolute Gasteiger partial charge is 0.317 e. The van der Waals surface area contributed by atoms with E-state index in [4.69, 9.17) is 0 Å². The first-order valence-corrected chi connectivity index (χ1v) is 6.91. The number of hydrogen-bond acceptors (Lipinski definition) is 2. The van der Waals surface area contributed by atoms with Gasteiger partial charge in [0.2, 0.25) is 0 Å². The van der Waals surface area contributed by atoms with Gasteiger partial charge in [-0.1, -0.05) is 19.3 Å². The minimum atomic E-state index is 0.887. The molecule has 0 aliphatic carbocycles. The van der Waals surface area contributed by atoms with Crippen LogP contribution in [-0.4, -0.2) is 37.1 Å². The van der Waals surface area contributed by atoms with Crippen LogP contribution >= 0.6 is 0 Å². The Labute approximate surface area is 94.4 Å². The quantitative estimate of drug-likeness (QED) is 0.715. The molecule has 0 aromatic heterocycles. The van der Waals surface area contributed by atoms with Crippen molar-refractivity contribution in [2.45, 2.75) is 57.4 Å². The van der Waals surface area contributed by atoms with Crippen molar-refractivity contribution >= 4 is 0 Å². The molecule has 2 aliphatic heterocycles. The molecule has 1 atom stereocenters. The third-order valence-corrected chi connectivity index (χ3v) is 3.95. The highest BCUT2D eigenvalue weighted by Gasteiger charge is 2.19. The molecule has 0 aromatic rings. The summed E-state index contributed by atoms with van der Waals surface area (Å²) in [5.74, 6) is 0. The molecule has 0 bridgehead atoms. The molecule has 2 nitrogen and oxygen atoms in total. The highest BCUT2D eigenvalue weighted by molar-refractivity contribution is 4.77. The summed E-state index contributed by atoms with van der Waals surface area (Å²) in [5, 5.41) is 3.52. The van der Waals surface area contributed by atoms with Crippen molar-refractivity contribution in [3.8, 4) is 0 Å². The standard InChI is InChI=1S/C13H26N2/c1-2-4-11-15(12-5-3-1)13-7-6-9-14-10-8-13/h13-14H,1-12H2. The average Bonchev–Trinajstić information content (AvgIpc) is 2.45. The third-order valence-electron chi connectivity index (χ3n) is 3.95. The van der Waals surface area contributed by atoms with Gasteiger partial charge in [-0.15, -0.1) is 0 Å². The summed E-state index contributed by atoms with van der Waals surface area (Å²) >= 11 is 0. The molecule has 0 spiro atoms. The van der Waals surface area contributed by atoms with Crippen molar-refractivity contribution in [2.75, 3.05) is 26.2 Å². The number of hydrogen-bond donors (Lipinski definition) is 1. The normalized spacial score (nSPS) is 31.6. The van der Waals surface area contributed by atoms with Gasteiger partial charge in [0.25, 0.3) is 0 Å². The van der Waals surface area contributed by atoms with Crippen LogP contribution in [0.1, 0.15) is 51.4 Å². The molecule has 0 radical (unpaired) electrons. The molecule has 2 fully saturated rings. The monoisotopic (exact) mass is 210 g/mol. The first-order valence-electron chi connectivity index (χ1n) is 6.91. The molecular weight excluding hydrogens is 184 g/mol. The summed E-state index contributed by atoms with van der Waals surface area (Å²) in [6.07, 6.45) is 11.4.